The first-order chi connectivity index (χ1) is 11.1. The molecule has 1 atom stereocenters. The molecule has 1 amide bonds. The molecule has 0 heterocycles. The molecule has 0 aliphatic rings. The van der Waals surface area contributed by atoms with E-state index in [1.165, 1.54) is 0 Å². The predicted molar refractivity (Wildman–Crippen MR) is 92.3 cm³/mol. The topological polar surface area (TPSA) is 52.6 Å². The maximum Gasteiger partial charge on any atom is 0.220 e. The summed E-state index contributed by atoms with van der Waals surface area (Å²) < 4.78 is 0. The molecular weight excluding hydrogens is 288 g/mol. The Hall–Kier alpha value is -2.33. The summed E-state index contributed by atoms with van der Waals surface area (Å²) >= 11 is 0. The van der Waals surface area contributed by atoms with E-state index in [0.717, 1.165) is 17.7 Å². The van der Waals surface area contributed by atoms with Crippen molar-refractivity contribution in [3.05, 3.63) is 65.7 Å². The number of amides is 1. The summed E-state index contributed by atoms with van der Waals surface area (Å²) in [4.78, 5) is 14.3. The van der Waals surface area contributed by atoms with Crippen LogP contribution in [-0.2, 0) is 11.2 Å². The van der Waals surface area contributed by atoms with Crippen molar-refractivity contribution >= 4 is 5.91 Å². The summed E-state index contributed by atoms with van der Waals surface area (Å²) in [6, 6.07) is 17.1. The SMILES string of the molecule is CN(C)CC(NC(=O)CCc1ccccc1O)c1ccccc1. The fraction of sp³-hybridized carbons (Fsp3) is 0.316. The van der Waals surface area contributed by atoms with E-state index >= 15 is 0 Å². The number of carbonyl (C=O) groups is 1. The number of aromatic hydroxyl groups is 1. The molecule has 0 aliphatic heterocycles. The monoisotopic (exact) mass is 312 g/mol. The third-order valence-corrected chi connectivity index (χ3v) is 3.70. The van der Waals surface area contributed by atoms with Crippen LogP contribution in [0, 0.1) is 0 Å². The number of nitrogens with one attached hydrogen (secondary N) is 1. The number of likely N-dealkylation sites (N-methyl/N-ethyl adjacent to an activating group) is 1. The van der Waals surface area contributed by atoms with Gasteiger partial charge in [0.15, 0.2) is 0 Å². The van der Waals surface area contributed by atoms with E-state index in [1.54, 1.807) is 12.1 Å². The lowest BCUT2D eigenvalue weighted by molar-refractivity contribution is -0.121. The lowest BCUT2D eigenvalue weighted by Gasteiger charge is -2.23. The van der Waals surface area contributed by atoms with Gasteiger partial charge in [-0.3, -0.25) is 4.79 Å². The molecular formula is C19H24N2O2. The van der Waals surface area contributed by atoms with E-state index in [2.05, 4.69) is 10.2 Å². The first-order valence-corrected chi connectivity index (χ1v) is 7.82. The molecule has 4 heteroatoms. The lowest BCUT2D eigenvalue weighted by atomic mass is 10.1. The van der Waals surface area contributed by atoms with Gasteiger partial charge in [-0.05, 0) is 37.7 Å². The van der Waals surface area contributed by atoms with Crippen molar-refractivity contribution in [2.75, 3.05) is 20.6 Å². The predicted octanol–water partition coefficient (Wildman–Crippen LogP) is 2.74. The Kier molecular flexibility index (Phi) is 6.18. The average Bonchev–Trinajstić information content (AvgIpc) is 2.54. The summed E-state index contributed by atoms with van der Waals surface area (Å²) in [6.07, 6.45) is 0.885. The molecule has 23 heavy (non-hydrogen) atoms. The quantitative estimate of drug-likeness (QED) is 0.826. The Morgan fingerprint density at radius 2 is 1.74 bits per heavy atom. The number of rotatable bonds is 7. The van der Waals surface area contributed by atoms with Gasteiger partial charge < -0.3 is 15.3 Å². The minimum absolute atomic E-state index is 0.0102. The lowest BCUT2D eigenvalue weighted by Crippen LogP contribution is -2.35. The van der Waals surface area contributed by atoms with Crippen molar-refractivity contribution < 1.29 is 9.90 Å². The summed E-state index contributed by atoms with van der Waals surface area (Å²) in [7, 11) is 3.98. The molecule has 1 unspecified atom stereocenters. The maximum absolute atomic E-state index is 12.3. The molecule has 0 aromatic heterocycles. The zero-order valence-electron chi connectivity index (χ0n) is 13.7. The van der Waals surface area contributed by atoms with E-state index < -0.39 is 0 Å². The van der Waals surface area contributed by atoms with Crippen molar-refractivity contribution in [3.8, 4) is 5.75 Å². The number of hydrogen-bond donors (Lipinski definition) is 2. The standard InChI is InChI=1S/C19H24N2O2/c1-21(2)14-17(15-8-4-3-5-9-15)20-19(23)13-12-16-10-6-7-11-18(16)22/h3-11,17,22H,12-14H2,1-2H3,(H,20,23). The first kappa shape index (κ1) is 17.0. The van der Waals surface area contributed by atoms with E-state index in [9.17, 15) is 9.90 Å². The van der Waals surface area contributed by atoms with Gasteiger partial charge in [0, 0.05) is 13.0 Å². The molecule has 2 N–H and O–H groups in total. The number of aryl methyl sites for hydroxylation is 1. The van der Waals surface area contributed by atoms with Gasteiger partial charge in [0.1, 0.15) is 5.75 Å². The molecule has 0 fully saturated rings. The van der Waals surface area contributed by atoms with Crippen molar-refractivity contribution in [3.63, 3.8) is 0 Å². The van der Waals surface area contributed by atoms with Gasteiger partial charge in [-0.2, -0.15) is 0 Å². The minimum Gasteiger partial charge on any atom is -0.508 e. The second-order valence-corrected chi connectivity index (χ2v) is 5.92. The molecule has 2 aromatic carbocycles. The minimum atomic E-state index is -0.0388. The molecule has 0 spiro atoms. The van der Waals surface area contributed by atoms with E-state index in [-0.39, 0.29) is 17.7 Å². The van der Waals surface area contributed by atoms with E-state index in [4.69, 9.17) is 0 Å². The number of phenolic OH excluding ortho intramolecular Hbond substituents is 1. The molecule has 2 aromatic rings. The van der Waals surface area contributed by atoms with E-state index in [1.807, 2.05) is 56.6 Å². The Morgan fingerprint density at radius 3 is 2.39 bits per heavy atom. The van der Waals surface area contributed by atoms with Crippen LogP contribution in [0.4, 0.5) is 0 Å². The van der Waals surface area contributed by atoms with Crippen LogP contribution in [0.1, 0.15) is 23.6 Å². The smallest absolute Gasteiger partial charge is 0.220 e. The van der Waals surface area contributed by atoms with E-state index in [0.29, 0.717) is 12.8 Å². The molecule has 0 radical (unpaired) electrons. The molecule has 2 rings (SSSR count). The third-order valence-electron chi connectivity index (χ3n) is 3.70. The van der Waals surface area contributed by atoms with Crippen molar-refractivity contribution in [2.45, 2.75) is 18.9 Å². The van der Waals surface area contributed by atoms with Crippen LogP contribution in [0.5, 0.6) is 5.75 Å². The molecule has 122 valence electrons. The highest BCUT2D eigenvalue weighted by Gasteiger charge is 2.15. The van der Waals surface area contributed by atoms with Gasteiger partial charge >= 0.3 is 0 Å². The number of benzene rings is 2. The fourth-order valence-electron chi connectivity index (χ4n) is 2.52. The zero-order valence-corrected chi connectivity index (χ0v) is 13.7. The van der Waals surface area contributed by atoms with Crippen LogP contribution in [0.2, 0.25) is 0 Å². The Bertz CT molecular complexity index is 626. The third kappa shape index (κ3) is 5.42. The second-order valence-electron chi connectivity index (χ2n) is 5.92. The van der Waals surface area contributed by atoms with Crippen molar-refractivity contribution in [1.82, 2.24) is 10.2 Å². The van der Waals surface area contributed by atoms with Crippen LogP contribution in [0.25, 0.3) is 0 Å². The van der Waals surface area contributed by atoms with Gasteiger partial charge in [-0.25, -0.2) is 0 Å². The average molecular weight is 312 g/mol. The molecule has 0 aliphatic carbocycles. The van der Waals surface area contributed by atoms with Gasteiger partial charge in [-0.15, -0.1) is 0 Å². The number of hydrogen-bond acceptors (Lipinski definition) is 3. The highest BCUT2D eigenvalue weighted by atomic mass is 16.3. The maximum atomic E-state index is 12.3. The van der Waals surface area contributed by atoms with Crippen LogP contribution in [0.15, 0.2) is 54.6 Å². The fourth-order valence-corrected chi connectivity index (χ4v) is 2.52. The Balaban J connectivity index is 1.96. The number of carbonyl (C=O) groups excluding carboxylic acids is 1. The van der Waals surface area contributed by atoms with Gasteiger partial charge in [0.05, 0.1) is 6.04 Å². The number of nitrogens with zero attached hydrogens (tertiary/aromatic N) is 1. The van der Waals surface area contributed by atoms with Crippen LogP contribution in [-0.4, -0.2) is 36.6 Å². The number of phenols is 1. The van der Waals surface area contributed by atoms with Gasteiger partial charge in [0.25, 0.3) is 0 Å². The second kappa shape index (κ2) is 8.34. The summed E-state index contributed by atoms with van der Waals surface area (Å²) in [5.74, 6) is 0.233. The van der Waals surface area contributed by atoms with Gasteiger partial charge in [0.2, 0.25) is 5.91 Å². The zero-order chi connectivity index (χ0) is 16.7. The normalized spacial score (nSPS) is 12.1. The van der Waals surface area contributed by atoms with Crippen molar-refractivity contribution in [2.24, 2.45) is 0 Å². The van der Waals surface area contributed by atoms with Crippen LogP contribution < -0.4 is 5.32 Å². The summed E-state index contributed by atoms with van der Waals surface area (Å²) in [5.41, 5.74) is 1.89. The van der Waals surface area contributed by atoms with Crippen LogP contribution in [0.3, 0.4) is 0 Å². The van der Waals surface area contributed by atoms with Gasteiger partial charge in [-0.1, -0.05) is 48.5 Å². The number of para-hydroxylation sites is 1. The van der Waals surface area contributed by atoms with Crippen LogP contribution >= 0.6 is 0 Å². The molecule has 0 saturated carbocycles. The summed E-state index contributed by atoms with van der Waals surface area (Å²) in [6.45, 7) is 0.742. The summed E-state index contributed by atoms with van der Waals surface area (Å²) in [5, 5.41) is 12.9. The molecule has 4 nitrogen and oxygen atoms in total. The molecule has 0 saturated heterocycles. The largest absolute Gasteiger partial charge is 0.508 e. The highest BCUT2D eigenvalue weighted by molar-refractivity contribution is 5.76. The Morgan fingerprint density at radius 1 is 1.09 bits per heavy atom. The molecule has 0 bridgehead atoms. The Labute approximate surface area is 137 Å². The first-order valence-electron chi connectivity index (χ1n) is 7.82. The highest BCUT2D eigenvalue weighted by Crippen LogP contribution is 2.18. The van der Waals surface area contributed by atoms with Crippen molar-refractivity contribution in [1.29, 1.82) is 0 Å².